The largest absolute Gasteiger partial charge is 0.384 e. The molecule has 7 nitrogen and oxygen atoms in total. The van der Waals surface area contributed by atoms with Crippen LogP contribution in [0.2, 0.25) is 0 Å². The van der Waals surface area contributed by atoms with E-state index in [1.165, 1.54) is 12.1 Å². The van der Waals surface area contributed by atoms with E-state index in [-0.39, 0.29) is 22.7 Å². The SMILES string of the molecule is CCC(=C(F)C(=O)Nc1ccc(-c2ccccc2S(N)(=O)=O)cc1Br)c1cccc(C(=N)N)c1. The maximum atomic E-state index is 15.1. The maximum Gasteiger partial charge on any atom is 0.284 e. The Bertz CT molecular complexity index is 1420. The van der Waals surface area contributed by atoms with E-state index in [0.717, 1.165) is 0 Å². The number of amidine groups is 1. The number of nitrogens with two attached hydrogens (primary N) is 2. The lowest BCUT2D eigenvalue weighted by atomic mass is 9.99. The fraction of sp³-hybridized carbons (Fsp3) is 0.0833. The van der Waals surface area contributed by atoms with Gasteiger partial charge in [-0.25, -0.2) is 17.9 Å². The molecule has 3 aromatic rings. The normalized spacial score (nSPS) is 12.1. The molecule has 0 bridgehead atoms. The summed E-state index contributed by atoms with van der Waals surface area (Å²) in [6, 6.07) is 17.5. The van der Waals surface area contributed by atoms with E-state index in [9.17, 15) is 13.2 Å². The third kappa shape index (κ3) is 5.58. The first-order valence-electron chi connectivity index (χ1n) is 10.1. The Labute approximate surface area is 205 Å². The van der Waals surface area contributed by atoms with Crippen LogP contribution in [-0.4, -0.2) is 20.2 Å². The van der Waals surface area contributed by atoms with E-state index >= 15 is 4.39 Å². The van der Waals surface area contributed by atoms with Crippen LogP contribution >= 0.6 is 15.9 Å². The molecule has 3 rings (SSSR count). The summed E-state index contributed by atoms with van der Waals surface area (Å²) >= 11 is 3.35. The number of benzene rings is 3. The van der Waals surface area contributed by atoms with Gasteiger partial charge in [-0.2, -0.15) is 0 Å². The van der Waals surface area contributed by atoms with E-state index in [1.807, 2.05) is 0 Å². The lowest BCUT2D eigenvalue weighted by molar-refractivity contribution is -0.114. The van der Waals surface area contributed by atoms with Gasteiger partial charge in [0.1, 0.15) is 5.84 Å². The van der Waals surface area contributed by atoms with Crippen molar-refractivity contribution in [1.82, 2.24) is 0 Å². The minimum atomic E-state index is -3.94. The van der Waals surface area contributed by atoms with Crippen molar-refractivity contribution in [3.05, 3.63) is 88.2 Å². The Kier molecular flexibility index (Phi) is 7.65. The molecular formula is C24H22BrFN4O3S. The van der Waals surface area contributed by atoms with Crippen molar-refractivity contribution in [2.45, 2.75) is 18.2 Å². The zero-order valence-corrected chi connectivity index (χ0v) is 20.5. The van der Waals surface area contributed by atoms with Crippen molar-refractivity contribution in [2.24, 2.45) is 10.9 Å². The molecule has 0 fully saturated rings. The number of primary sulfonamides is 1. The molecule has 0 unspecified atom stereocenters. The van der Waals surface area contributed by atoms with Gasteiger partial charge >= 0.3 is 0 Å². The number of rotatable bonds is 7. The molecule has 0 atom stereocenters. The number of allylic oxidation sites excluding steroid dienone is 1. The van der Waals surface area contributed by atoms with E-state index in [0.29, 0.717) is 32.4 Å². The van der Waals surface area contributed by atoms with Crippen molar-refractivity contribution in [3.63, 3.8) is 0 Å². The van der Waals surface area contributed by atoms with Gasteiger partial charge in [0, 0.05) is 21.2 Å². The van der Waals surface area contributed by atoms with Gasteiger partial charge in [0.25, 0.3) is 5.91 Å². The third-order valence-corrected chi connectivity index (χ3v) is 6.69. The summed E-state index contributed by atoms with van der Waals surface area (Å²) in [6.45, 7) is 1.72. The van der Waals surface area contributed by atoms with Gasteiger partial charge in [0.15, 0.2) is 5.83 Å². The molecule has 0 aliphatic rings. The fourth-order valence-electron chi connectivity index (χ4n) is 3.41. The molecule has 0 saturated heterocycles. The number of hydrogen-bond acceptors (Lipinski definition) is 4. The van der Waals surface area contributed by atoms with Gasteiger partial charge in [-0.15, -0.1) is 0 Å². The van der Waals surface area contributed by atoms with Crippen LogP contribution in [0.4, 0.5) is 10.1 Å². The molecule has 0 aromatic heterocycles. The number of hydrogen-bond donors (Lipinski definition) is 4. The van der Waals surface area contributed by atoms with Crippen molar-refractivity contribution < 1.29 is 17.6 Å². The second kappa shape index (κ2) is 10.3. The smallest absolute Gasteiger partial charge is 0.284 e. The van der Waals surface area contributed by atoms with Crippen LogP contribution in [0.5, 0.6) is 0 Å². The van der Waals surface area contributed by atoms with Crippen LogP contribution in [-0.2, 0) is 14.8 Å². The summed E-state index contributed by atoms with van der Waals surface area (Å²) in [4.78, 5) is 12.6. The molecule has 176 valence electrons. The first kappa shape index (κ1) is 25.3. The summed E-state index contributed by atoms with van der Waals surface area (Å²) in [5, 5.41) is 15.4. The maximum absolute atomic E-state index is 15.1. The molecule has 0 saturated carbocycles. The predicted molar refractivity (Wildman–Crippen MR) is 135 cm³/mol. The zero-order valence-electron chi connectivity index (χ0n) is 18.1. The van der Waals surface area contributed by atoms with E-state index in [4.69, 9.17) is 16.3 Å². The highest BCUT2D eigenvalue weighted by Crippen LogP contribution is 2.33. The fourth-order valence-corrected chi connectivity index (χ4v) is 4.65. The average molecular weight is 545 g/mol. The van der Waals surface area contributed by atoms with Crippen LogP contribution in [0.25, 0.3) is 16.7 Å². The highest BCUT2D eigenvalue weighted by atomic mass is 79.9. The standard InChI is InChI=1S/C24H22BrFN4O3S/c1-2-17(14-6-5-7-16(12-14)23(27)28)22(26)24(31)30-20-11-10-15(13-19(20)25)18-8-3-4-9-21(18)34(29,32)33/h3-13H,2H2,1H3,(H3,27,28)(H,30,31)(H2,29,32,33). The molecule has 10 heteroatoms. The third-order valence-electron chi connectivity index (χ3n) is 5.06. The average Bonchev–Trinajstić information content (AvgIpc) is 2.80. The number of amides is 1. The molecular weight excluding hydrogens is 523 g/mol. The van der Waals surface area contributed by atoms with Crippen molar-refractivity contribution in [2.75, 3.05) is 5.32 Å². The highest BCUT2D eigenvalue weighted by molar-refractivity contribution is 9.10. The number of sulfonamides is 1. The van der Waals surface area contributed by atoms with Gasteiger partial charge in [0.2, 0.25) is 10.0 Å². The van der Waals surface area contributed by atoms with Crippen molar-refractivity contribution >= 4 is 49.0 Å². The minimum Gasteiger partial charge on any atom is -0.384 e. The molecule has 0 radical (unpaired) electrons. The lowest BCUT2D eigenvalue weighted by Crippen LogP contribution is -2.15. The number of anilines is 1. The zero-order chi connectivity index (χ0) is 25.0. The van der Waals surface area contributed by atoms with E-state index in [2.05, 4.69) is 21.2 Å². The Morgan fingerprint density at radius 2 is 1.74 bits per heavy atom. The molecule has 0 aliphatic carbocycles. The van der Waals surface area contributed by atoms with Gasteiger partial charge in [-0.3, -0.25) is 10.2 Å². The quantitative estimate of drug-likeness (QED) is 0.193. The van der Waals surface area contributed by atoms with Crippen LogP contribution in [0.3, 0.4) is 0 Å². The Morgan fingerprint density at radius 3 is 2.35 bits per heavy atom. The molecule has 3 aromatic carbocycles. The molecule has 0 spiro atoms. The van der Waals surface area contributed by atoms with E-state index in [1.54, 1.807) is 61.5 Å². The van der Waals surface area contributed by atoms with Crippen LogP contribution in [0, 0.1) is 5.41 Å². The van der Waals surface area contributed by atoms with E-state index < -0.39 is 21.8 Å². The van der Waals surface area contributed by atoms with Crippen LogP contribution in [0.1, 0.15) is 24.5 Å². The number of nitrogen functional groups attached to an aromatic ring is 1. The summed E-state index contributed by atoms with van der Waals surface area (Å²) < 4.78 is 39.4. The summed E-state index contributed by atoms with van der Waals surface area (Å²) in [5.41, 5.74) is 7.81. The van der Waals surface area contributed by atoms with Crippen molar-refractivity contribution in [3.8, 4) is 11.1 Å². The Hall–Kier alpha value is -3.34. The minimum absolute atomic E-state index is 0.0342. The van der Waals surface area contributed by atoms with Crippen LogP contribution < -0.4 is 16.2 Å². The van der Waals surface area contributed by atoms with Gasteiger partial charge in [-0.05, 0) is 57.7 Å². The number of carbonyl (C=O) groups excluding carboxylic acids is 1. The molecule has 0 heterocycles. The monoisotopic (exact) mass is 544 g/mol. The second-order valence-corrected chi connectivity index (χ2v) is 9.71. The first-order chi connectivity index (χ1) is 16.0. The summed E-state index contributed by atoms with van der Waals surface area (Å²) in [5.74, 6) is -2.06. The number of halogens is 2. The Morgan fingerprint density at radius 1 is 1.06 bits per heavy atom. The lowest BCUT2D eigenvalue weighted by Gasteiger charge is -2.13. The second-order valence-electron chi connectivity index (χ2n) is 7.33. The number of nitrogens with one attached hydrogen (secondary N) is 2. The highest BCUT2D eigenvalue weighted by Gasteiger charge is 2.19. The van der Waals surface area contributed by atoms with Gasteiger partial charge in [-0.1, -0.05) is 49.4 Å². The number of carbonyl (C=O) groups is 1. The van der Waals surface area contributed by atoms with Gasteiger partial charge < -0.3 is 11.1 Å². The summed E-state index contributed by atoms with van der Waals surface area (Å²) in [7, 11) is -3.94. The van der Waals surface area contributed by atoms with Crippen molar-refractivity contribution in [1.29, 1.82) is 5.41 Å². The molecule has 34 heavy (non-hydrogen) atoms. The van der Waals surface area contributed by atoms with Crippen LogP contribution in [0.15, 0.2) is 81.9 Å². The molecule has 1 amide bonds. The first-order valence-corrected chi connectivity index (χ1v) is 12.4. The molecule has 0 aliphatic heterocycles. The molecule has 6 N–H and O–H groups in total. The Balaban J connectivity index is 1.92. The summed E-state index contributed by atoms with van der Waals surface area (Å²) in [6.07, 6.45) is 0.241. The predicted octanol–water partition coefficient (Wildman–Crippen LogP) is 4.78. The van der Waals surface area contributed by atoms with Gasteiger partial charge in [0.05, 0.1) is 10.6 Å². The topological polar surface area (TPSA) is 139 Å².